The Morgan fingerprint density at radius 1 is 1.07 bits per heavy atom. The van der Waals surface area contributed by atoms with Gasteiger partial charge in [-0.2, -0.15) is 0 Å². The molecule has 0 bridgehead atoms. The minimum atomic E-state index is -0.0307. The van der Waals surface area contributed by atoms with Crippen LogP contribution in [0.25, 0.3) is 0 Å². The van der Waals surface area contributed by atoms with E-state index in [1.54, 1.807) is 6.07 Å². The van der Waals surface area contributed by atoms with Gasteiger partial charge in [-0.05, 0) is 18.9 Å². The van der Waals surface area contributed by atoms with Crippen LogP contribution in [-0.2, 0) is 11.2 Å². The highest BCUT2D eigenvalue weighted by Gasteiger charge is 2.48. The monoisotopic (exact) mass is 377 g/mol. The molecule has 0 radical (unpaired) electrons. The summed E-state index contributed by atoms with van der Waals surface area (Å²) in [6.45, 7) is 5.38. The standard InChI is InChI=1S/C23H27N3O2/c1-16-19-7-8-20(19)21(13-17-5-3-2-4-6-17)26(16)22-14-18(15-23(27)24-22)25-9-11-28-12-10-25/h2-8,14-16,19-21H,9-13H2,1H3,(H,24,27)/t16-,19+,20+,21-/m1/s1. The quantitative estimate of drug-likeness (QED) is 0.833. The average Bonchev–Trinajstić information content (AvgIpc) is 2.86. The maximum atomic E-state index is 12.5. The van der Waals surface area contributed by atoms with Crippen molar-refractivity contribution in [3.8, 4) is 0 Å². The normalized spacial score (nSPS) is 28.9. The lowest BCUT2D eigenvalue weighted by molar-refractivity contribution is 0.122. The van der Waals surface area contributed by atoms with Gasteiger partial charge < -0.3 is 19.5 Å². The van der Waals surface area contributed by atoms with E-state index < -0.39 is 0 Å². The van der Waals surface area contributed by atoms with Gasteiger partial charge in [0.25, 0.3) is 5.56 Å². The van der Waals surface area contributed by atoms with Gasteiger partial charge in [0, 0.05) is 54.8 Å². The average molecular weight is 377 g/mol. The number of benzene rings is 1. The van der Waals surface area contributed by atoms with Gasteiger partial charge in [0.2, 0.25) is 0 Å². The van der Waals surface area contributed by atoms with E-state index in [4.69, 9.17) is 4.74 Å². The first-order valence-electron chi connectivity index (χ1n) is 10.3. The Morgan fingerprint density at radius 2 is 1.82 bits per heavy atom. The number of nitrogens with zero attached hydrogens (tertiary/aromatic N) is 2. The largest absolute Gasteiger partial charge is 0.378 e. The SMILES string of the molecule is C[C@@H]1[C@@H]2C=C[C@@H]2[C@@H](Cc2ccccc2)N1c1cc(N2CCOCC2)cc(=O)[nH]1. The summed E-state index contributed by atoms with van der Waals surface area (Å²) in [5.74, 6) is 2.05. The maximum absolute atomic E-state index is 12.5. The molecule has 2 fully saturated rings. The van der Waals surface area contributed by atoms with Gasteiger partial charge >= 0.3 is 0 Å². The van der Waals surface area contributed by atoms with Crippen molar-refractivity contribution in [2.45, 2.75) is 25.4 Å². The van der Waals surface area contributed by atoms with Gasteiger partial charge in [-0.25, -0.2) is 0 Å². The van der Waals surface area contributed by atoms with Gasteiger partial charge in [0.05, 0.1) is 13.2 Å². The number of rotatable bonds is 4. The Labute approximate surface area is 165 Å². The molecule has 3 heterocycles. The second-order valence-corrected chi connectivity index (χ2v) is 8.13. The number of pyridine rings is 1. The first-order valence-corrected chi connectivity index (χ1v) is 10.3. The Morgan fingerprint density at radius 3 is 2.54 bits per heavy atom. The van der Waals surface area contributed by atoms with E-state index in [2.05, 4.69) is 70.3 Å². The summed E-state index contributed by atoms with van der Waals surface area (Å²) >= 11 is 0. The number of H-pyrrole nitrogens is 1. The predicted octanol–water partition coefficient (Wildman–Crippen LogP) is 2.83. The number of morpholine rings is 1. The van der Waals surface area contributed by atoms with E-state index in [1.807, 2.05) is 0 Å². The van der Waals surface area contributed by atoms with Gasteiger partial charge in [0.15, 0.2) is 0 Å². The molecule has 2 aromatic rings. The van der Waals surface area contributed by atoms with E-state index in [9.17, 15) is 4.79 Å². The Bertz CT molecular complexity index is 917. The third kappa shape index (κ3) is 3.04. The topological polar surface area (TPSA) is 48.6 Å². The molecule has 1 aromatic carbocycles. The molecule has 0 amide bonds. The van der Waals surface area contributed by atoms with Crippen LogP contribution in [0, 0.1) is 11.8 Å². The summed E-state index contributed by atoms with van der Waals surface area (Å²) in [6, 6.07) is 15.3. The predicted molar refractivity (Wildman–Crippen MR) is 112 cm³/mol. The fraction of sp³-hybridized carbons (Fsp3) is 0.435. The van der Waals surface area contributed by atoms with Crippen molar-refractivity contribution in [3.05, 3.63) is 70.5 Å². The van der Waals surface area contributed by atoms with Crippen LogP contribution < -0.4 is 15.4 Å². The number of nitrogens with one attached hydrogen (secondary N) is 1. The molecule has 5 nitrogen and oxygen atoms in total. The van der Waals surface area contributed by atoms with E-state index in [-0.39, 0.29) is 5.56 Å². The molecule has 2 saturated heterocycles. The summed E-state index contributed by atoms with van der Waals surface area (Å²) < 4.78 is 5.47. The molecule has 2 aliphatic heterocycles. The van der Waals surface area contributed by atoms with E-state index in [0.29, 0.717) is 37.1 Å². The van der Waals surface area contributed by atoms with Crippen LogP contribution in [0.3, 0.4) is 0 Å². The Balaban J connectivity index is 1.49. The van der Waals surface area contributed by atoms with Crippen LogP contribution in [0.5, 0.6) is 0 Å². The van der Waals surface area contributed by atoms with Crippen molar-refractivity contribution in [1.82, 2.24) is 4.98 Å². The molecule has 28 heavy (non-hydrogen) atoms. The fourth-order valence-electron chi connectivity index (χ4n) is 5.05. The third-order valence-corrected chi connectivity index (χ3v) is 6.55. The lowest BCUT2D eigenvalue weighted by Gasteiger charge is -2.33. The van der Waals surface area contributed by atoms with Crippen LogP contribution in [0.2, 0.25) is 0 Å². The minimum absolute atomic E-state index is 0.0307. The third-order valence-electron chi connectivity index (χ3n) is 6.55. The number of aromatic nitrogens is 1. The molecule has 0 spiro atoms. The van der Waals surface area contributed by atoms with Gasteiger partial charge in [0.1, 0.15) is 5.82 Å². The Kier molecular flexibility index (Phi) is 4.47. The van der Waals surface area contributed by atoms with Gasteiger partial charge in [-0.1, -0.05) is 42.5 Å². The molecule has 0 unspecified atom stereocenters. The number of hydrogen-bond donors (Lipinski definition) is 1. The number of anilines is 2. The van der Waals surface area contributed by atoms with Gasteiger partial charge in [-0.15, -0.1) is 0 Å². The van der Waals surface area contributed by atoms with Crippen molar-refractivity contribution in [2.75, 3.05) is 36.1 Å². The van der Waals surface area contributed by atoms with Crippen molar-refractivity contribution in [3.63, 3.8) is 0 Å². The molecule has 1 N–H and O–H groups in total. The first kappa shape index (κ1) is 17.6. The number of ether oxygens (including phenoxy) is 1. The molecular formula is C23H27N3O2. The highest BCUT2D eigenvalue weighted by Crippen LogP contribution is 2.46. The zero-order chi connectivity index (χ0) is 19.1. The molecule has 3 aliphatic rings. The summed E-state index contributed by atoms with van der Waals surface area (Å²) in [6.07, 6.45) is 5.66. The molecule has 1 aliphatic carbocycles. The zero-order valence-electron chi connectivity index (χ0n) is 16.3. The molecule has 146 valence electrons. The van der Waals surface area contributed by atoms with Gasteiger partial charge in [-0.3, -0.25) is 4.79 Å². The highest BCUT2D eigenvalue weighted by atomic mass is 16.5. The lowest BCUT2D eigenvalue weighted by atomic mass is 9.77. The van der Waals surface area contributed by atoms with Crippen LogP contribution in [-0.4, -0.2) is 43.4 Å². The zero-order valence-corrected chi connectivity index (χ0v) is 16.3. The summed E-state index contributed by atoms with van der Waals surface area (Å²) in [4.78, 5) is 20.3. The van der Waals surface area contributed by atoms with Crippen LogP contribution in [0.4, 0.5) is 11.5 Å². The van der Waals surface area contributed by atoms with E-state index in [0.717, 1.165) is 31.0 Å². The molecule has 0 saturated carbocycles. The lowest BCUT2D eigenvalue weighted by Crippen LogP contribution is -2.40. The second-order valence-electron chi connectivity index (χ2n) is 8.13. The smallest absolute Gasteiger partial charge is 0.251 e. The maximum Gasteiger partial charge on any atom is 0.251 e. The molecule has 4 atom stereocenters. The Hall–Kier alpha value is -2.53. The van der Waals surface area contributed by atoms with E-state index >= 15 is 0 Å². The summed E-state index contributed by atoms with van der Waals surface area (Å²) in [5.41, 5.74) is 2.31. The second kappa shape index (κ2) is 7.13. The van der Waals surface area contributed by atoms with Crippen LogP contribution >= 0.6 is 0 Å². The van der Waals surface area contributed by atoms with Crippen LogP contribution in [0.1, 0.15) is 12.5 Å². The fourth-order valence-corrected chi connectivity index (χ4v) is 5.05. The molecule has 5 heteroatoms. The summed E-state index contributed by atoms with van der Waals surface area (Å²) in [7, 11) is 0. The highest BCUT2D eigenvalue weighted by molar-refractivity contribution is 5.58. The van der Waals surface area contributed by atoms with Crippen molar-refractivity contribution < 1.29 is 4.74 Å². The van der Waals surface area contributed by atoms with Crippen molar-refractivity contribution in [2.24, 2.45) is 11.8 Å². The van der Waals surface area contributed by atoms with Crippen molar-refractivity contribution >= 4 is 11.5 Å². The minimum Gasteiger partial charge on any atom is -0.378 e. The molecule has 1 aromatic heterocycles. The first-order chi connectivity index (χ1) is 13.7. The number of hydrogen-bond acceptors (Lipinski definition) is 4. The summed E-state index contributed by atoms with van der Waals surface area (Å²) in [5, 5.41) is 0. The van der Waals surface area contributed by atoms with Crippen LogP contribution in [0.15, 0.2) is 59.4 Å². The van der Waals surface area contributed by atoms with Crippen molar-refractivity contribution in [1.29, 1.82) is 0 Å². The number of aromatic amines is 1. The molecular weight excluding hydrogens is 350 g/mol. The number of fused-ring (bicyclic) bond motifs is 1. The molecule has 5 rings (SSSR count). The van der Waals surface area contributed by atoms with E-state index in [1.165, 1.54) is 5.56 Å².